The standard InChI is InChI=1S/C17H35NO3/c1-4-7-9-10-12-16(18-13-14-19)17(20)21-15(6-3)11-8-5-2/h15-16,18-19H,4-14H2,1-3H3. The van der Waals surface area contributed by atoms with E-state index in [0.717, 1.165) is 44.9 Å². The van der Waals surface area contributed by atoms with Crippen molar-refractivity contribution < 1.29 is 14.6 Å². The Morgan fingerprint density at radius 1 is 1.05 bits per heavy atom. The molecule has 0 heterocycles. The van der Waals surface area contributed by atoms with Gasteiger partial charge in [-0.3, -0.25) is 4.79 Å². The fraction of sp³-hybridized carbons (Fsp3) is 0.941. The fourth-order valence-electron chi connectivity index (χ4n) is 2.34. The average molecular weight is 301 g/mol. The first kappa shape index (κ1) is 20.4. The van der Waals surface area contributed by atoms with Crippen LogP contribution in [0, 0.1) is 0 Å². The van der Waals surface area contributed by atoms with Gasteiger partial charge >= 0.3 is 5.97 Å². The Balaban J connectivity index is 4.26. The van der Waals surface area contributed by atoms with E-state index in [4.69, 9.17) is 9.84 Å². The molecule has 0 aromatic rings. The van der Waals surface area contributed by atoms with Crippen LogP contribution in [-0.2, 0) is 9.53 Å². The summed E-state index contributed by atoms with van der Waals surface area (Å²) in [6.07, 6.45) is 9.43. The van der Waals surface area contributed by atoms with Crippen LogP contribution in [0.2, 0.25) is 0 Å². The summed E-state index contributed by atoms with van der Waals surface area (Å²) in [5, 5.41) is 12.0. The smallest absolute Gasteiger partial charge is 0.323 e. The maximum absolute atomic E-state index is 12.3. The molecular weight excluding hydrogens is 266 g/mol. The summed E-state index contributed by atoms with van der Waals surface area (Å²) in [4.78, 5) is 12.3. The van der Waals surface area contributed by atoms with E-state index >= 15 is 0 Å². The Hall–Kier alpha value is -0.610. The summed E-state index contributed by atoms with van der Waals surface area (Å²) < 4.78 is 5.63. The Bertz CT molecular complexity index is 246. The van der Waals surface area contributed by atoms with Crippen LogP contribution in [0.25, 0.3) is 0 Å². The third kappa shape index (κ3) is 10.7. The van der Waals surface area contributed by atoms with Gasteiger partial charge in [0.15, 0.2) is 0 Å². The molecule has 0 aromatic carbocycles. The van der Waals surface area contributed by atoms with E-state index in [1.807, 2.05) is 0 Å². The lowest BCUT2D eigenvalue weighted by atomic mass is 10.1. The van der Waals surface area contributed by atoms with Crippen LogP contribution >= 0.6 is 0 Å². The molecule has 0 aliphatic heterocycles. The molecule has 0 bridgehead atoms. The van der Waals surface area contributed by atoms with E-state index in [1.54, 1.807) is 0 Å². The zero-order chi connectivity index (χ0) is 15.9. The first-order valence-corrected chi connectivity index (χ1v) is 8.74. The van der Waals surface area contributed by atoms with Crippen LogP contribution < -0.4 is 5.32 Å². The van der Waals surface area contributed by atoms with Gasteiger partial charge in [-0.05, 0) is 19.3 Å². The molecule has 0 aromatic heterocycles. The maximum atomic E-state index is 12.3. The highest BCUT2D eigenvalue weighted by molar-refractivity contribution is 5.75. The van der Waals surface area contributed by atoms with Crippen LogP contribution in [0.5, 0.6) is 0 Å². The van der Waals surface area contributed by atoms with Crippen molar-refractivity contribution in [3.63, 3.8) is 0 Å². The minimum absolute atomic E-state index is 0.0338. The van der Waals surface area contributed by atoms with Gasteiger partial charge in [-0.2, -0.15) is 0 Å². The predicted octanol–water partition coefficient (Wildman–Crippen LogP) is 3.42. The molecule has 2 unspecified atom stereocenters. The molecule has 0 radical (unpaired) electrons. The van der Waals surface area contributed by atoms with E-state index in [-0.39, 0.29) is 24.7 Å². The monoisotopic (exact) mass is 301 g/mol. The molecule has 2 N–H and O–H groups in total. The van der Waals surface area contributed by atoms with E-state index in [9.17, 15) is 4.79 Å². The second-order valence-corrected chi connectivity index (χ2v) is 5.69. The van der Waals surface area contributed by atoms with Crippen LogP contribution in [0.4, 0.5) is 0 Å². The maximum Gasteiger partial charge on any atom is 0.323 e. The second kappa shape index (κ2) is 14.3. The van der Waals surface area contributed by atoms with Crippen molar-refractivity contribution in [3.05, 3.63) is 0 Å². The van der Waals surface area contributed by atoms with Crippen molar-refractivity contribution in [1.82, 2.24) is 5.32 Å². The predicted molar refractivity (Wildman–Crippen MR) is 87.3 cm³/mol. The lowest BCUT2D eigenvalue weighted by molar-refractivity contribution is -0.152. The topological polar surface area (TPSA) is 58.6 Å². The molecule has 4 nitrogen and oxygen atoms in total. The van der Waals surface area contributed by atoms with Crippen LogP contribution in [0.3, 0.4) is 0 Å². The Morgan fingerprint density at radius 2 is 1.76 bits per heavy atom. The first-order valence-electron chi connectivity index (χ1n) is 8.74. The zero-order valence-corrected chi connectivity index (χ0v) is 14.2. The Kier molecular flexibility index (Phi) is 13.9. The highest BCUT2D eigenvalue weighted by Crippen LogP contribution is 2.12. The van der Waals surface area contributed by atoms with Gasteiger partial charge in [0.1, 0.15) is 12.1 Å². The highest BCUT2D eigenvalue weighted by atomic mass is 16.5. The molecular formula is C17H35NO3. The lowest BCUT2D eigenvalue weighted by Crippen LogP contribution is -2.41. The molecule has 0 fully saturated rings. The van der Waals surface area contributed by atoms with Crippen molar-refractivity contribution in [1.29, 1.82) is 0 Å². The molecule has 126 valence electrons. The number of ether oxygens (including phenoxy) is 1. The number of esters is 1. The van der Waals surface area contributed by atoms with Gasteiger partial charge < -0.3 is 15.2 Å². The van der Waals surface area contributed by atoms with Gasteiger partial charge in [0.25, 0.3) is 0 Å². The highest BCUT2D eigenvalue weighted by Gasteiger charge is 2.21. The third-order valence-electron chi connectivity index (χ3n) is 3.75. The summed E-state index contributed by atoms with van der Waals surface area (Å²) in [6, 6.07) is -0.273. The number of rotatable bonds is 14. The van der Waals surface area contributed by atoms with Crippen LogP contribution in [0.15, 0.2) is 0 Å². The number of hydrogen-bond acceptors (Lipinski definition) is 4. The molecule has 2 atom stereocenters. The molecule has 0 aliphatic rings. The Morgan fingerprint density at radius 3 is 2.33 bits per heavy atom. The third-order valence-corrected chi connectivity index (χ3v) is 3.75. The van der Waals surface area contributed by atoms with E-state index in [2.05, 4.69) is 26.1 Å². The molecule has 4 heteroatoms. The first-order chi connectivity index (χ1) is 10.2. The van der Waals surface area contributed by atoms with Crippen molar-refractivity contribution in [3.8, 4) is 0 Å². The molecule has 0 aliphatic carbocycles. The number of unbranched alkanes of at least 4 members (excludes halogenated alkanes) is 4. The molecule has 0 rings (SSSR count). The van der Waals surface area contributed by atoms with Gasteiger partial charge in [-0.15, -0.1) is 0 Å². The molecule has 0 amide bonds. The van der Waals surface area contributed by atoms with E-state index in [1.165, 1.54) is 12.8 Å². The summed E-state index contributed by atoms with van der Waals surface area (Å²) in [5.74, 6) is -0.150. The summed E-state index contributed by atoms with van der Waals surface area (Å²) in [6.45, 7) is 6.87. The second-order valence-electron chi connectivity index (χ2n) is 5.69. The largest absolute Gasteiger partial charge is 0.461 e. The quantitative estimate of drug-likeness (QED) is 0.381. The van der Waals surface area contributed by atoms with Crippen LogP contribution in [0.1, 0.15) is 78.6 Å². The summed E-state index contributed by atoms with van der Waals surface area (Å²) in [5.41, 5.74) is 0. The van der Waals surface area contributed by atoms with Gasteiger partial charge in [-0.25, -0.2) is 0 Å². The van der Waals surface area contributed by atoms with Crippen LogP contribution in [-0.4, -0.2) is 36.4 Å². The SMILES string of the molecule is CCCCCCC(NCCO)C(=O)OC(CC)CCCC. The minimum Gasteiger partial charge on any atom is -0.461 e. The molecule has 21 heavy (non-hydrogen) atoms. The van der Waals surface area contributed by atoms with Gasteiger partial charge in [0.2, 0.25) is 0 Å². The number of carbonyl (C=O) groups is 1. The number of hydrogen-bond donors (Lipinski definition) is 2. The normalized spacial score (nSPS) is 13.9. The number of nitrogens with one attached hydrogen (secondary N) is 1. The number of aliphatic hydroxyl groups excluding tert-OH is 1. The molecule has 0 saturated heterocycles. The summed E-state index contributed by atoms with van der Waals surface area (Å²) >= 11 is 0. The number of carbonyl (C=O) groups excluding carboxylic acids is 1. The van der Waals surface area contributed by atoms with Gasteiger partial charge in [0.05, 0.1) is 6.61 Å². The minimum atomic E-state index is -0.273. The van der Waals surface area contributed by atoms with Gasteiger partial charge in [-0.1, -0.05) is 59.3 Å². The number of aliphatic hydroxyl groups is 1. The summed E-state index contributed by atoms with van der Waals surface area (Å²) in [7, 11) is 0. The van der Waals surface area contributed by atoms with Crippen molar-refractivity contribution >= 4 is 5.97 Å². The van der Waals surface area contributed by atoms with Crippen molar-refractivity contribution in [2.45, 2.75) is 90.7 Å². The Labute approximate surface area is 130 Å². The van der Waals surface area contributed by atoms with Crippen molar-refractivity contribution in [2.24, 2.45) is 0 Å². The average Bonchev–Trinajstić information content (AvgIpc) is 2.50. The lowest BCUT2D eigenvalue weighted by Gasteiger charge is -2.22. The van der Waals surface area contributed by atoms with E-state index in [0.29, 0.717) is 6.54 Å². The van der Waals surface area contributed by atoms with Crippen molar-refractivity contribution in [2.75, 3.05) is 13.2 Å². The zero-order valence-electron chi connectivity index (χ0n) is 14.2. The van der Waals surface area contributed by atoms with Gasteiger partial charge in [0, 0.05) is 6.54 Å². The van der Waals surface area contributed by atoms with E-state index < -0.39 is 0 Å². The fourth-order valence-corrected chi connectivity index (χ4v) is 2.34. The molecule has 0 saturated carbocycles. The molecule has 0 spiro atoms.